The highest BCUT2D eigenvalue weighted by Gasteiger charge is 2.57. The largest absolute Gasteiger partial charge is 0.353 e. The van der Waals surface area contributed by atoms with Crippen molar-refractivity contribution < 1.29 is 9.59 Å². The van der Waals surface area contributed by atoms with Crippen LogP contribution in [0.15, 0.2) is 0 Å². The summed E-state index contributed by atoms with van der Waals surface area (Å²) in [5.41, 5.74) is -0.122. The smallest absolute Gasteiger partial charge is 0.226 e. The molecule has 10 aliphatic carbocycles. The Morgan fingerprint density at radius 2 is 0.833 bits per heavy atom. The Morgan fingerprint density at radius 3 is 1.17 bits per heavy atom. The van der Waals surface area contributed by atoms with Gasteiger partial charge in [-0.05, 0) is 144 Å². The summed E-state index contributed by atoms with van der Waals surface area (Å²) in [6.45, 7) is 0. The summed E-state index contributed by atoms with van der Waals surface area (Å²) in [4.78, 5) is 28.0. The van der Waals surface area contributed by atoms with Crippen LogP contribution in [0.2, 0.25) is 0 Å². The second-order valence-corrected chi connectivity index (χ2v) is 15.8. The van der Waals surface area contributed by atoms with E-state index in [1.165, 1.54) is 64.2 Å². The highest BCUT2D eigenvalue weighted by molar-refractivity contribution is 5.84. The lowest BCUT2D eigenvalue weighted by Gasteiger charge is -2.57. The van der Waals surface area contributed by atoms with Gasteiger partial charge in [0, 0.05) is 28.8 Å². The predicted octanol–water partition coefficient (Wildman–Crippen LogP) is 5.99. The van der Waals surface area contributed by atoms with Gasteiger partial charge in [-0.15, -0.1) is 0 Å². The van der Waals surface area contributed by atoms with Crippen molar-refractivity contribution in [1.29, 1.82) is 0 Å². The molecule has 0 aliphatic heterocycles. The number of fused-ring (bicyclic) bond motifs is 1. The Hall–Kier alpha value is -1.06. The average Bonchev–Trinajstić information content (AvgIpc) is 2.82. The fraction of sp³-hybridized carbons (Fsp3) is 0.938. The summed E-state index contributed by atoms with van der Waals surface area (Å²) < 4.78 is 0. The molecule has 8 bridgehead atoms. The first-order chi connectivity index (χ1) is 17.5. The molecular formula is C32H48N2O2. The van der Waals surface area contributed by atoms with Crippen LogP contribution >= 0.6 is 0 Å². The first kappa shape index (κ1) is 22.9. The number of amides is 2. The van der Waals surface area contributed by atoms with Crippen LogP contribution in [0.25, 0.3) is 0 Å². The van der Waals surface area contributed by atoms with E-state index in [-0.39, 0.29) is 22.9 Å². The highest BCUT2D eigenvalue weighted by Crippen LogP contribution is 2.61. The maximum atomic E-state index is 14.0. The van der Waals surface area contributed by atoms with Crippen molar-refractivity contribution in [1.82, 2.24) is 10.6 Å². The van der Waals surface area contributed by atoms with Gasteiger partial charge in [-0.25, -0.2) is 0 Å². The van der Waals surface area contributed by atoms with Gasteiger partial charge in [-0.2, -0.15) is 0 Å². The fourth-order valence-corrected chi connectivity index (χ4v) is 12.8. The van der Waals surface area contributed by atoms with E-state index in [4.69, 9.17) is 0 Å². The zero-order chi connectivity index (χ0) is 24.1. The van der Waals surface area contributed by atoms with E-state index >= 15 is 0 Å². The highest BCUT2D eigenvalue weighted by atomic mass is 16.2. The molecule has 198 valence electrons. The number of hydrogen-bond donors (Lipinski definition) is 2. The molecule has 10 saturated carbocycles. The molecule has 2 atom stereocenters. The lowest BCUT2D eigenvalue weighted by Crippen LogP contribution is -2.62. The van der Waals surface area contributed by atoms with Gasteiger partial charge in [-0.1, -0.05) is 12.8 Å². The van der Waals surface area contributed by atoms with Gasteiger partial charge in [0.05, 0.1) is 0 Å². The van der Waals surface area contributed by atoms with Crippen LogP contribution in [-0.4, -0.2) is 23.9 Å². The molecule has 2 N–H and O–H groups in total. The number of rotatable bonds is 4. The van der Waals surface area contributed by atoms with Crippen LogP contribution in [0.4, 0.5) is 0 Å². The Balaban J connectivity index is 1.000. The zero-order valence-corrected chi connectivity index (χ0v) is 22.3. The SMILES string of the molecule is O=C(NC1CCCC2CCCC(NC(=O)C34CC5CC(CC(C5)C3)C4)C21)C12CC3CC(CC(C3)C1)C2. The molecule has 10 rings (SSSR count). The number of hydrogen-bond acceptors (Lipinski definition) is 2. The van der Waals surface area contributed by atoms with Gasteiger partial charge >= 0.3 is 0 Å². The third-order valence-electron chi connectivity index (χ3n) is 13.3. The number of carbonyl (C=O) groups is 2. The van der Waals surface area contributed by atoms with E-state index in [2.05, 4.69) is 10.6 Å². The molecule has 0 aromatic carbocycles. The summed E-state index contributed by atoms with van der Waals surface area (Å²) in [6.07, 6.45) is 22.5. The summed E-state index contributed by atoms with van der Waals surface area (Å²) in [5.74, 6) is 6.79. The molecule has 4 heteroatoms. The minimum absolute atomic E-state index is 0.0612. The summed E-state index contributed by atoms with van der Waals surface area (Å²) in [5, 5.41) is 7.45. The zero-order valence-electron chi connectivity index (χ0n) is 22.3. The Kier molecular flexibility index (Phi) is 5.22. The molecule has 10 aliphatic rings. The van der Waals surface area contributed by atoms with Crippen LogP contribution in [-0.2, 0) is 9.59 Å². The van der Waals surface area contributed by atoms with Gasteiger partial charge in [0.15, 0.2) is 0 Å². The molecule has 0 spiro atoms. The molecule has 0 heterocycles. The first-order valence-electron chi connectivity index (χ1n) is 16.1. The Bertz CT molecular complexity index is 783. The molecule has 2 amide bonds. The summed E-state index contributed by atoms with van der Waals surface area (Å²) in [7, 11) is 0. The van der Waals surface area contributed by atoms with Gasteiger partial charge < -0.3 is 10.6 Å². The summed E-state index contributed by atoms with van der Waals surface area (Å²) >= 11 is 0. The predicted molar refractivity (Wildman–Crippen MR) is 140 cm³/mol. The van der Waals surface area contributed by atoms with E-state index in [1.54, 1.807) is 0 Å². The maximum absolute atomic E-state index is 14.0. The topological polar surface area (TPSA) is 58.2 Å². The second kappa shape index (κ2) is 8.22. The van der Waals surface area contributed by atoms with Crippen LogP contribution in [0.3, 0.4) is 0 Å². The molecule has 0 aromatic heterocycles. The van der Waals surface area contributed by atoms with Crippen molar-refractivity contribution in [3.05, 3.63) is 0 Å². The van der Waals surface area contributed by atoms with Gasteiger partial charge in [0.2, 0.25) is 11.8 Å². The summed E-state index contributed by atoms with van der Waals surface area (Å²) in [6, 6.07) is 0.539. The molecule has 0 saturated heterocycles. The van der Waals surface area contributed by atoms with Gasteiger partial charge in [-0.3, -0.25) is 9.59 Å². The Labute approximate surface area is 217 Å². The van der Waals surface area contributed by atoms with Crippen LogP contribution in [0, 0.1) is 58.2 Å². The van der Waals surface area contributed by atoms with E-state index in [1.807, 2.05) is 0 Å². The normalized spacial score (nSPS) is 54.2. The van der Waals surface area contributed by atoms with Crippen molar-refractivity contribution in [3.8, 4) is 0 Å². The monoisotopic (exact) mass is 492 g/mol. The van der Waals surface area contributed by atoms with Crippen molar-refractivity contribution >= 4 is 11.8 Å². The van der Waals surface area contributed by atoms with Crippen molar-refractivity contribution in [2.24, 2.45) is 58.2 Å². The molecule has 0 radical (unpaired) electrons. The minimum Gasteiger partial charge on any atom is -0.353 e. The van der Waals surface area contributed by atoms with Crippen molar-refractivity contribution in [3.63, 3.8) is 0 Å². The third-order valence-corrected chi connectivity index (χ3v) is 13.3. The molecule has 10 fully saturated rings. The molecule has 2 unspecified atom stereocenters. The van der Waals surface area contributed by atoms with Crippen LogP contribution in [0.5, 0.6) is 0 Å². The fourth-order valence-electron chi connectivity index (χ4n) is 12.8. The lowest BCUT2D eigenvalue weighted by atomic mass is 9.49. The number of nitrogens with one attached hydrogen (secondary N) is 2. The van der Waals surface area contributed by atoms with Crippen molar-refractivity contribution in [2.45, 2.75) is 128 Å². The minimum atomic E-state index is -0.0612. The first-order valence-corrected chi connectivity index (χ1v) is 16.1. The molecular weight excluding hydrogens is 444 g/mol. The van der Waals surface area contributed by atoms with E-state index in [9.17, 15) is 9.59 Å². The van der Waals surface area contributed by atoms with Crippen LogP contribution in [0.1, 0.15) is 116 Å². The third kappa shape index (κ3) is 3.58. The number of carbonyl (C=O) groups excluding carboxylic acids is 2. The standard InChI is InChI=1S/C32H48N2O2/c35-29(31-13-19-7-20(14-31)9-21(8-19)15-31)33-26-5-1-3-25-4-2-6-27(28(25)26)34-30(36)32-16-22-10-23(17-32)12-24(11-22)18-32/h19-28H,1-18H2,(H,33,35)(H,34,36). The average molecular weight is 493 g/mol. The van der Waals surface area contributed by atoms with E-state index in [0.717, 1.165) is 86.9 Å². The second-order valence-electron chi connectivity index (χ2n) is 15.8. The molecule has 36 heavy (non-hydrogen) atoms. The maximum Gasteiger partial charge on any atom is 0.226 e. The molecule has 0 aromatic rings. The quantitative estimate of drug-likeness (QED) is 0.506. The van der Waals surface area contributed by atoms with Gasteiger partial charge in [0.25, 0.3) is 0 Å². The van der Waals surface area contributed by atoms with Crippen molar-refractivity contribution in [2.75, 3.05) is 0 Å². The molecule has 4 nitrogen and oxygen atoms in total. The van der Waals surface area contributed by atoms with Gasteiger partial charge in [0.1, 0.15) is 0 Å². The van der Waals surface area contributed by atoms with E-state index in [0.29, 0.717) is 23.7 Å². The lowest BCUT2D eigenvalue weighted by molar-refractivity contribution is -0.149. The van der Waals surface area contributed by atoms with Crippen LogP contribution < -0.4 is 10.6 Å². The van der Waals surface area contributed by atoms with E-state index < -0.39 is 0 Å². The Morgan fingerprint density at radius 1 is 0.500 bits per heavy atom.